The Morgan fingerprint density at radius 2 is 2.15 bits per heavy atom. The van der Waals surface area contributed by atoms with Crippen molar-refractivity contribution < 1.29 is 9.72 Å². The van der Waals surface area contributed by atoms with E-state index in [2.05, 4.69) is 10.6 Å². The number of rotatable bonds is 7. The molecular weight excluding hydrogens is 260 g/mol. The Hall–Kier alpha value is -2.15. The second-order valence-corrected chi connectivity index (χ2v) is 4.48. The van der Waals surface area contributed by atoms with Crippen LogP contribution in [0.2, 0.25) is 0 Å². The van der Waals surface area contributed by atoms with Gasteiger partial charge in [0.05, 0.1) is 11.5 Å². The van der Waals surface area contributed by atoms with E-state index in [0.717, 1.165) is 5.56 Å². The van der Waals surface area contributed by atoms with Crippen LogP contribution in [0.5, 0.6) is 0 Å². The van der Waals surface area contributed by atoms with Gasteiger partial charge in [-0.1, -0.05) is 6.07 Å². The molecule has 0 atom stereocenters. The highest BCUT2D eigenvalue weighted by atomic mass is 16.6. The average molecular weight is 280 g/mol. The second kappa shape index (κ2) is 7.44. The molecule has 20 heavy (non-hydrogen) atoms. The Morgan fingerprint density at radius 3 is 2.70 bits per heavy atom. The van der Waals surface area contributed by atoms with Gasteiger partial charge in [0.15, 0.2) is 0 Å². The predicted octanol–water partition coefficient (Wildman–Crippen LogP) is 1.20. The molecule has 0 bridgehead atoms. The molecule has 0 aliphatic heterocycles. The molecule has 0 saturated carbocycles. The summed E-state index contributed by atoms with van der Waals surface area (Å²) in [4.78, 5) is 23.8. The van der Waals surface area contributed by atoms with E-state index in [-0.39, 0.29) is 18.1 Å². The highest BCUT2D eigenvalue weighted by Crippen LogP contribution is 2.25. The summed E-state index contributed by atoms with van der Waals surface area (Å²) in [6, 6.07) is 5.01. The lowest BCUT2D eigenvalue weighted by atomic mass is 10.1. The molecule has 0 unspecified atom stereocenters. The largest absolute Gasteiger partial charge is 0.383 e. The van der Waals surface area contributed by atoms with E-state index in [1.165, 1.54) is 6.07 Å². The summed E-state index contributed by atoms with van der Waals surface area (Å²) in [5, 5.41) is 16.5. The number of hydrogen-bond acceptors (Lipinski definition) is 5. The zero-order valence-corrected chi connectivity index (χ0v) is 12.0. The molecule has 7 heteroatoms. The van der Waals surface area contributed by atoms with E-state index in [9.17, 15) is 14.9 Å². The minimum absolute atomic E-state index is 0.0383. The average Bonchev–Trinajstić information content (AvgIpc) is 2.38. The van der Waals surface area contributed by atoms with Crippen LogP contribution in [0.1, 0.15) is 12.5 Å². The maximum Gasteiger partial charge on any atom is 0.292 e. The molecular formula is C13H20N4O3. The minimum Gasteiger partial charge on any atom is -0.383 e. The van der Waals surface area contributed by atoms with Crippen LogP contribution in [-0.2, 0) is 11.3 Å². The molecule has 1 aromatic carbocycles. The summed E-state index contributed by atoms with van der Waals surface area (Å²) in [5.41, 5.74) is 1.31. The van der Waals surface area contributed by atoms with E-state index in [1.54, 1.807) is 20.2 Å². The molecule has 1 amide bonds. The van der Waals surface area contributed by atoms with Crippen molar-refractivity contribution in [2.24, 2.45) is 0 Å². The number of hydrogen-bond donors (Lipinski definition) is 2. The highest BCUT2D eigenvalue weighted by Gasteiger charge is 2.14. The van der Waals surface area contributed by atoms with Gasteiger partial charge in [-0.15, -0.1) is 0 Å². The molecule has 0 spiro atoms. The van der Waals surface area contributed by atoms with Crippen LogP contribution in [-0.4, -0.2) is 42.9 Å². The van der Waals surface area contributed by atoms with Gasteiger partial charge in [-0.05, 0) is 25.6 Å². The summed E-state index contributed by atoms with van der Waals surface area (Å²) in [7, 11) is 3.44. The summed E-state index contributed by atoms with van der Waals surface area (Å²) < 4.78 is 0. The quantitative estimate of drug-likeness (QED) is 0.579. The molecule has 0 aliphatic carbocycles. The molecule has 0 saturated heterocycles. The molecule has 7 nitrogen and oxygen atoms in total. The maximum absolute atomic E-state index is 11.4. The number of nitrogens with zero attached hydrogens (tertiary/aromatic N) is 2. The standard InChI is InChI=1S/C13H20N4O3/c1-4-15-13(18)9-16(3)8-10-5-6-11(14-2)12(7-10)17(19)20/h5-7,14H,4,8-9H2,1-3H3,(H,15,18). The van der Waals surface area contributed by atoms with Gasteiger partial charge in [0.1, 0.15) is 5.69 Å². The van der Waals surface area contributed by atoms with E-state index in [0.29, 0.717) is 18.8 Å². The summed E-state index contributed by atoms with van der Waals surface area (Å²) in [6.07, 6.45) is 0. The van der Waals surface area contributed by atoms with E-state index in [4.69, 9.17) is 0 Å². The van der Waals surface area contributed by atoms with Crippen molar-refractivity contribution in [2.45, 2.75) is 13.5 Å². The van der Waals surface area contributed by atoms with Gasteiger partial charge in [-0.2, -0.15) is 0 Å². The summed E-state index contributed by atoms with van der Waals surface area (Å²) >= 11 is 0. The van der Waals surface area contributed by atoms with Crippen LogP contribution in [0.3, 0.4) is 0 Å². The third-order valence-electron chi connectivity index (χ3n) is 2.77. The summed E-state index contributed by atoms with van der Waals surface area (Å²) in [6.45, 7) is 3.18. The Bertz CT molecular complexity index is 491. The van der Waals surface area contributed by atoms with Crippen molar-refractivity contribution in [3.05, 3.63) is 33.9 Å². The zero-order valence-electron chi connectivity index (χ0n) is 12.0. The number of amides is 1. The number of carbonyl (C=O) groups is 1. The Labute approximate surface area is 118 Å². The van der Waals surface area contributed by atoms with Crippen molar-refractivity contribution in [1.82, 2.24) is 10.2 Å². The Morgan fingerprint density at radius 1 is 1.45 bits per heavy atom. The first-order valence-corrected chi connectivity index (χ1v) is 6.38. The first-order valence-electron chi connectivity index (χ1n) is 6.38. The number of nitro benzene ring substituents is 1. The van der Waals surface area contributed by atoms with Gasteiger partial charge in [-0.3, -0.25) is 19.8 Å². The molecule has 2 N–H and O–H groups in total. The molecule has 110 valence electrons. The number of carbonyl (C=O) groups excluding carboxylic acids is 1. The SMILES string of the molecule is CCNC(=O)CN(C)Cc1ccc(NC)c([N+](=O)[O-])c1. The third-order valence-corrected chi connectivity index (χ3v) is 2.77. The number of nitro groups is 1. The molecule has 0 heterocycles. The van der Waals surface area contributed by atoms with Gasteiger partial charge in [0, 0.05) is 26.2 Å². The number of nitrogens with one attached hydrogen (secondary N) is 2. The first kappa shape index (κ1) is 15.9. The van der Waals surface area contributed by atoms with Crippen LogP contribution in [0, 0.1) is 10.1 Å². The van der Waals surface area contributed by atoms with Crippen LogP contribution < -0.4 is 10.6 Å². The molecule has 0 fully saturated rings. The lowest BCUT2D eigenvalue weighted by Gasteiger charge is -2.16. The normalized spacial score (nSPS) is 10.4. The van der Waals surface area contributed by atoms with Crippen LogP contribution in [0.4, 0.5) is 11.4 Å². The van der Waals surface area contributed by atoms with E-state index in [1.807, 2.05) is 17.9 Å². The van der Waals surface area contributed by atoms with Crippen molar-refractivity contribution >= 4 is 17.3 Å². The van der Waals surface area contributed by atoms with Crippen molar-refractivity contribution in [1.29, 1.82) is 0 Å². The molecule has 0 aliphatic rings. The first-order chi connectivity index (χ1) is 9.47. The van der Waals surface area contributed by atoms with Gasteiger partial charge in [0.2, 0.25) is 5.91 Å². The lowest BCUT2D eigenvalue weighted by molar-refractivity contribution is -0.384. The molecule has 1 aromatic rings. The van der Waals surface area contributed by atoms with E-state index >= 15 is 0 Å². The third kappa shape index (κ3) is 4.51. The zero-order chi connectivity index (χ0) is 15.1. The van der Waals surface area contributed by atoms with Crippen LogP contribution in [0.15, 0.2) is 18.2 Å². The van der Waals surface area contributed by atoms with Gasteiger partial charge < -0.3 is 10.6 Å². The fourth-order valence-electron chi connectivity index (χ4n) is 1.90. The highest BCUT2D eigenvalue weighted by molar-refractivity contribution is 5.77. The van der Waals surface area contributed by atoms with Crippen LogP contribution >= 0.6 is 0 Å². The number of anilines is 1. The monoisotopic (exact) mass is 280 g/mol. The fraction of sp³-hybridized carbons (Fsp3) is 0.462. The molecule has 1 rings (SSSR count). The van der Waals surface area contributed by atoms with Crippen molar-refractivity contribution in [3.8, 4) is 0 Å². The number of likely N-dealkylation sites (N-methyl/N-ethyl adjacent to an activating group) is 2. The smallest absolute Gasteiger partial charge is 0.292 e. The molecule has 0 aromatic heterocycles. The van der Waals surface area contributed by atoms with Crippen molar-refractivity contribution in [2.75, 3.05) is 32.5 Å². The van der Waals surface area contributed by atoms with Crippen LogP contribution in [0.25, 0.3) is 0 Å². The maximum atomic E-state index is 11.4. The second-order valence-electron chi connectivity index (χ2n) is 4.48. The Kier molecular flexibility index (Phi) is 5.92. The Balaban J connectivity index is 2.75. The number of benzene rings is 1. The molecule has 0 radical (unpaired) electrons. The lowest BCUT2D eigenvalue weighted by Crippen LogP contribution is -2.34. The van der Waals surface area contributed by atoms with Crippen molar-refractivity contribution in [3.63, 3.8) is 0 Å². The van der Waals surface area contributed by atoms with Gasteiger partial charge in [0.25, 0.3) is 5.69 Å². The fourth-order valence-corrected chi connectivity index (χ4v) is 1.90. The van der Waals surface area contributed by atoms with E-state index < -0.39 is 4.92 Å². The summed E-state index contributed by atoms with van der Waals surface area (Å²) in [5.74, 6) is -0.0589. The van der Waals surface area contributed by atoms with Gasteiger partial charge >= 0.3 is 0 Å². The minimum atomic E-state index is -0.418. The van der Waals surface area contributed by atoms with Gasteiger partial charge in [-0.25, -0.2) is 0 Å². The predicted molar refractivity (Wildman–Crippen MR) is 77.7 cm³/mol. The topological polar surface area (TPSA) is 87.5 Å².